The molecule has 1 aliphatic heterocycles. The second-order valence-electron chi connectivity index (χ2n) is 4.62. The van der Waals surface area contributed by atoms with Gasteiger partial charge in [0.2, 0.25) is 0 Å². The molecule has 18 heavy (non-hydrogen) atoms. The van der Waals surface area contributed by atoms with Crippen LogP contribution < -0.4 is 0 Å². The fourth-order valence-corrected chi connectivity index (χ4v) is 1.83. The molecule has 0 aromatic rings. The maximum Gasteiger partial charge on any atom is 0.412 e. The summed E-state index contributed by atoms with van der Waals surface area (Å²) in [5.41, 5.74) is -0.931. The standard InChI is InChI=1S/C12H19F2NO3/c1-4-5-6-17-11(16)15-9(7-10(13)14)8-18-12(15,2)3/h7,9H,4-6,8H2,1-3H3/t9-/m0/s1. The van der Waals surface area contributed by atoms with Gasteiger partial charge in [-0.05, 0) is 20.3 Å². The predicted molar refractivity (Wildman–Crippen MR) is 62.2 cm³/mol. The van der Waals surface area contributed by atoms with Crippen LogP contribution in [0.15, 0.2) is 12.2 Å². The van der Waals surface area contributed by atoms with E-state index in [1.807, 2.05) is 6.92 Å². The van der Waals surface area contributed by atoms with E-state index >= 15 is 0 Å². The lowest BCUT2D eigenvalue weighted by atomic mass is 10.2. The van der Waals surface area contributed by atoms with Crippen LogP contribution in [0.5, 0.6) is 0 Å². The van der Waals surface area contributed by atoms with Gasteiger partial charge in [0.25, 0.3) is 6.08 Å². The van der Waals surface area contributed by atoms with Crippen LogP contribution in [0.25, 0.3) is 0 Å². The zero-order valence-corrected chi connectivity index (χ0v) is 10.9. The first kappa shape index (κ1) is 14.9. The highest BCUT2D eigenvalue weighted by atomic mass is 19.3. The number of hydrogen-bond acceptors (Lipinski definition) is 3. The number of hydrogen-bond donors (Lipinski definition) is 0. The summed E-state index contributed by atoms with van der Waals surface area (Å²) in [5.74, 6) is 0. The summed E-state index contributed by atoms with van der Waals surface area (Å²) < 4.78 is 35.0. The molecule has 0 radical (unpaired) electrons. The van der Waals surface area contributed by atoms with Gasteiger partial charge in [-0.25, -0.2) is 4.79 Å². The van der Waals surface area contributed by atoms with Gasteiger partial charge in [0.1, 0.15) is 5.72 Å². The van der Waals surface area contributed by atoms with Crippen molar-refractivity contribution in [3.05, 3.63) is 12.2 Å². The summed E-state index contributed by atoms with van der Waals surface area (Å²) in [5, 5.41) is 0. The van der Waals surface area contributed by atoms with Gasteiger partial charge in [-0.3, -0.25) is 4.90 Å². The molecule has 0 bridgehead atoms. The second-order valence-corrected chi connectivity index (χ2v) is 4.62. The maximum atomic E-state index is 12.3. The molecule has 0 saturated carbocycles. The number of halogens is 2. The van der Waals surface area contributed by atoms with E-state index in [9.17, 15) is 13.6 Å². The van der Waals surface area contributed by atoms with Gasteiger partial charge in [-0.15, -0.1) is 0 Å². The molecule has 1 rings (SSSR count). The van der Waals surface area contributed by atoms with E-state index < -0.39 is 23.9 Å². The number of ether oxygens (including phenoxy) is 2. The van der Waals surface area contributed by atoms with Crippen molar-refractivity contribution >= 4 is 6.09 Å². The molecule has 0 aromatic carbocycles. The Morgan fingerprint density at radius 2 is 2.22 bits per heavy atom. The molecule has 1 fully saturated rings. The van der Waals surface area contributed by atoms with E-state index in [4.69, 9.17) is 9.47 Å². The lowest BCUT2D eigenvalue weighted by Crippen LogP contribution is -2.47. The quantitative estimate of drug-likeness (QED) is 0.731. The summed E-state index contributed by atoms with van der Waals surface area (Å²) in [6, 6.07) is -0.779. The predicted octanol–water partition coefficient (Wildman–Crippen LogP) is 3.14. The number of amides is 1. The van der Waals surface area contributed by atoms with Gasteiger partial charge < -0.3 is 9.47 Å². The molecular formula is C12H19F2NO3. The molecule has 0 unspecified atom stereocenters. The van der Waals surface area contributed by atoms with E-state index in [0.717, 1.165) is 18.9 Å². The Hall–Kier alpha value is -1.17. The van der Waals surface area contributed by atoms with Crippen molar-refractivity contribution in [1.82, 2.24) is 4.90 Å². The zero-order valence-electron chi connectivity index (χ0n) is 10.9. The van der Waals surface area contributed by atoms with Crippen molar-refractivity contribution in [2.24, 2.45) is 0 Å². The number of carbonyl (C=O) groups is 1. The molecule has 1 heterocycles. The van der Waals surface area contributed by atoms with Gasteiger partial charge in [-0.2, -0.15) is 8.78 Å². The highest BCUT2D eigenvalue weighted by Gasteiger charge is 2.44. The normalized spacial score (nSPS) is 21.8. The van der Waals surface area contributed by atoms with Crippen LogP contribution in [-0.4, -0.2) is 36.0 Å². The van der Waals surface area contributed by atoms with Crippen LogP contribution in [0.3, 0.4) is 0 Å². The summed E-state index contributed by atoms with van der Waals surface area (Å²) in [4.78, 5) is 13.1. The first-order valence-electron chi connectivity index (χ1n) is 6.01. The summed E-state index contributed by atoms with van der Waals surface area (Å²) in [6.45, 7) is 5.61. The van der Waals surface area contributed by atoms with Crippen LogP contribution in [0.2, 0.25) is 0 Å². The topological polar surface area (TPSA) is 38.8 Å². The minimum Gasteiger partial charge on any atom is -0.449 e. The van der Waals surface area contributed by atoms with E-state index in [1.165, 1.54) is 4.90 Å². The van der Waals surface area contributed by atoms with Crippen LogP contribution in [0.4, 0.5) is 13.6 Å². The lowest BCUT2D eigenvalue weighted by molar-refractivity contribution is -0.0470. The van der Waals surface area contributed by atoms with Gasteiger partial charge >= 0.3 is 6.09 Å². The molecule has 1 saturated heterocycles. The third kappa shape index (κ3) is 3.66. The molecule has 104 valence electrons. The third-order valence-corrected chi connectivity index (χ3v) is 2.76. The Morgan fingerprint density at radius 3 is 2.78 bits per heavy atom. The molecule has 0 aromatic heterocycles. The molecule has 0 aliphatic carbocycles. The number of unbranched alkanes of at least 4 members (excludes halogenated alkanes) is 1. The number of nitrogens with zero attached hydrogens (tertiary/aromatic N) is 1. The van der Waals surface area contributed by atoms with Crippen molar-refractivity contribution in [2.45, 2.75) is 45.4 Å². The summed E-state index contributed by atoms with van der Waals surface area (Å²) >= 11 is 0. The minimum absolute atomic E-state index is 0.0488. The van der Waals surface area contributed by atoms with Gasteiger partial charge in [0.15, 0.2) is 0 Å². The Kier molecular flexibility index (Phi) is 5.07. The Bertz CT molecular complexity index is 327. The Morgan fingerprint density at radius 1 is 1.56 bits per heavy atom. The van der Waals surface area contributed by atoms with E-state index in [2.05, 4.69) is 0 Å². The first-order chi connectivity index (χ1) is 8.38. The SMILES string of the molecule is CCCCOC(=O)N1[C@@H](C=C(F)F)COC1(C)C. The molecule has 6 heteroatoms. The van der Waals surface area contributed by atoms with Crippen LogP contribution in [0, 0.1) is 0 Å². The minimum atomic E-state index is -1.83. The van der Waals surface area contributed by atoms with Gasteiger partial charge in [0.05, 0.1) is 19.3 Å². The Labute approximate surface area is 106 Å². The molecule has 1 amide bonds. The molecular weight excluding hydrogens is 244 g/mol. The number of rotatable bonds is 4. The zero-order chi connectivity index (χ0) is 13.8. The van der Waals surface area contributed by atoms with Crippen LogP contribution in [0.1, 0.15) is 33.6 Å². The molecule has 0 N–H and O–H groups in total. The summed E-state index contributed by atoms with van der Waals surface area (Å²) in [7, 11) is 0. The van der Waals surface area contributed by atoms with E-state index in [1.54, 1.807) is 13.8 Å². The van der Waals surface area contributed by atoms with E-state index in [-0.39, 0.29) is 13.2 Å². The smallest absolute Gasteiger partial charge is 0.412 e. The first-order valence-corrected chi connectivity index (χ1v) is 6.01. The molecule has 1 atom stereocenters. The van der Waals surface area contributed by atoms with Crippen molar-refractivity contribution < 1.29 is 23.0 Å². The number of carbonyl (C=O) groups excluding carboxylic acids is 1. The third-order valence-electron chi connectivity index (χ3n) is 2.76. The molecule has 4 nitrogen and oxygen atoms in total. The second kappa shape index (κ2) is 6.13. The van der Waals surface area contributed by atoms with Crippen molar-refractivity contribution in [3.63, 3.8) is 0 Å². The molecule has 0 spiro atoms. The largest absolute Gasteiger partial charge is 0.449 e. The van der Waals surface area contributed by atoms with Crippen molar-refractivity contribution in [3.8, 4) is 0 Å². The summed E-state index contributed by atoms with van der Waals surface area (Å²) in [6.07, 6.45) is -0.0781. The molecule has 1 aliphatic rings. The average molecular weight is 263 g/mol. The van der Waals surface area contributed by atoms with Crippen LogP contribution in [-0.2, 0) is 9.47 Å². The highest BCUT2D eigenvalue weighted by Crippen LogP contribution is 2.29. The average Bonchev–Trinajstić information content (AvgIpc) is 2.53. The van der Waals surface area contributed by atoms with Crippen LogP contribution >= 0.6 is 0 Å². The van der Waals surface area contributed by atoms with Crippen molar-refractivity contribution in [2.75, 3.05) is 13.2 Å². The van der Waals surface area contributed by atoms with Crippen molar-refractivity contribution in [1.29, 1.82) is 0 Å². The monoisotopic (exact) mass is 263 g/mol. The Balaban J connectivity index is 2.72. The fourth-order valence-electron chi connectivity index (χ4n) is 1.83. The maximum absolute atomic E-state index is 12.3. The fraction of sp³-hybridized carbons (Fsp3) is 0.750. The van der Waals surface area contributed by atoms with E-state index in [0.29, 0.717) is 0 Å². The highest BCUT2D eigenvalue weighted by molar-refractivity contribution is 5.69. The lowest BCUT2D eigenvalue weighted by Gasteiger charge is -2.31. The van der Waals surface area contributed by atoms with Gasteiger partial charge in [-0.1, -0.05) is 13.3 Å². The van der Waals surface area contributed by atoms with Gasteiger partial charge in [0, 0.05) is 6.08 Å².